The second-order valence-corrected chi connectivity index (χ2v) is 11.4. The van der Waals surface area contributed by atoms with Gasteiger partial charge in [-0.3, -0.25) is 4.79 Å². The average molecular weight is 770 g/mol. The van der Waals surface area contributed by atoms with Crippen LogP contribution in [0.2, 0.25) is 20.1 Å². The van der Waals surface area contributed by atoms with E-state index in [2.05, 4.69) is 63.7 Å². The van der Waals surface area contributed by atoms with E-state index in [4.69, 9.17) is 50.8 Å². The molecule has 164 valence electrons. The van der Waals surface area contributed by atoms with Crippen LogP contribution in [0.15, 0.2) is 45.3 Å². The maximum Gasteiger partial charge on any atom is 0.337 e. The summed E-state index contributed by atoms with van der Waals surface area (Å²) in [6, 6.07) is 4.99. The van der Waals surface area contributed by atoms with Crippen LogP contribution in [0.3, 0.4) is 0 Å². The second-order valence-electron chi connectivity index (χ2n) is 6.43. The predicted octanol–water partition coefficient (Wildman–Crippen LogP) is 9.93. The Labute approximate surface area is 233 Å². The molecule has 0 fully saturated rings. The summed E-state index contributed by atoms with van der Waals surface area (Å²) in [6.07, 6.45) is 0. The second kappa shape index (κ2) is 9.04. The van der Waals surface area contributed by atoms with Gasteiger partial charge < -0.3 is 9.52 Å². The predicted molar refractivity (Wildman–Crippen MR) is 142 cm³/mol. The fourth-order valence-electron chi connectivity index (χ4n) is 3.30. The van der Waals surface area contributed by atoms with E-state index < -0.39 is 5.97 Å². The lowest BCUT2D eigenvalue weighted by atomic mass is 9.90. The van der Waals surface area contributed by atoms with Gasteiger partial charge in [-0.05, 0) is 66.0 Å². The highest BCUT2D eigenvalue weighted by Gasteiger charge is 2.31. The standard InChI is InChI=1S/C20H4Br4Cl4O4/c21-4-1-5-9(10-11(20(30)31)14(26)16(28)15(27)13(10)25)6-3-7(22)17(29)12(24)19(6)32-18(5)8(23)2-4/h1-3H,(H,30,31). The summed E-state index contributed by atoms with van der Waals surface area (Å²) in [5, 5.41) is 9.82. The molecule has 0 spiro atoms. The molecule has 2 aromatic carbocycles. The van der Waals surface area contributed by atoms with E-state index in [9.17, 15) is 14.7 Å². The molecular weight excluding hydrogens is 766 g/mol. The number of rotatable bonds is 2. The highest BCUT2D eigenvalue weighted by atomic mass is 79.9. The van der Waals surface area contributed by atoms with Crippen LogP contribution < -0.4 is 5.43 Å². The Morgan fingerprint density at radius 1 is 0.844 bits per heavy atom. The SMILES string of the molecule is O=C(O)c1c(Cl)c(Cl)c(Cl)c(Cl)c1-c1c2cc(Br)c(=O)c(Br)c-2oc2c(Br)cc(Br)cc12. The Kier molecular flexibility index (Phi) is 7.00. The lowest BCUT2D eigenvalue weighted by Gasteiger charge is -2.21. The topological polar surface area (TPSA) is 67.5 Å². The van der Waals surface area contributed by atoms with Gasteiger partial charge in [0.05, 0.1) is 34.6 Å². The first kappa shape index (κ1) is 24.8. The van der Waals surface area contributed by atoms with Crippen molar-refractivity contribution < 1.29 is 14.3 Å². The molecule has 0 saturated heterocycles. The molecule has 1 aliphatic heterocycles. The zero-order valence-electron chi connectivity index (χ0n) is 14.9. The molecule has 0 aromatic heterocycles. The lowest BCUT2D eigenvalue weighted by molar-refractivity contribution is 0.0698. The van der Waals surface area contributed by atoms with Crippen molar-refractivity contribution in [3.05, 3.63) is 72.0 Å². The number of carboxylic acids is 1. The Morgan fingerprint density at radius 2 is 1.47 bits per heavy atom. The number of aromatic carboxylic acids is 1. The summed E-state index contributed by atoms with van der Waals surface area (Å²) in [7, 11) is 0. The number of hydrogen-bond donors (Lipinski definition) is 1. The van der Waals surface area contributed by atoms with Crippen molar-refractivity contribution in [2.45, 2.75) is 0 Å². The quantitative estimate of drug-likeness (QED) is 0.125. The molecule has 4 rings (SSSR count). The molecule has 0 saturated carbocycles. The molecule has 1 N–H and O–H groups in total. The van der Waals surface area contributed by atoms with Crippen LogP contribution in [-0.2, 0) is 0 Å². The van der Waals surface area contributed by atoms with Gasteiger partial charge in [0, 0.05) is 26.5 Å². The first-order chi connectivity index (χ1) is 15.0. The zero-order chi connectivity index (χ0) is 23.6. The third-order valence-corrected chi connectivity index (χ3v) is 8.77. The smallest absolute Gasteiger partial charge is 0.337 e. The summed E-state index contributed by atoms with van der Waals surface area (Å²) in [5.41, 5.74) is 0.415. The van der Waals surface area contributed by atoms with Gasteiger partial charge in [-0.2, -0.15) is 0 Å². The summed E-state index contributed by atoms with van der Waals surface area (Å²) in [6.45, 7) is 0. The third-order valence-electron chi connectivity index (χ3n) is 4.61. The zero-order valence-corrected chi connectivity index (χ0v) is 24.3. The Bertz CT molecular complexity index is 1520. The Morgan fingerprint density at radius 3 is 2.09 bits per heavy atom. The fraction of sp³-hybridized carbons (Fsp3) is 0. The largest absolute Gasteiger partial charge is 0.478 e. The molecule has 0 radical (unpaired) electrons. The minimum Gasteiger partial charge on any atom is -0.478 e. The maximum absolute atomic E-state index is 12.5. The fourth-order valence-corrected chi connectivity index (χ4v) is 6.84. The normalized spacial score (nSPS) is 11.5. The summed E-state index contributed by atoms with van der Waals surface area (Å²) < 4.78 is 7.65. The van der Waals surface area contributed by atoms with Crippen LogP contribution in [0.25, 0.3) is 33.4 Å². The van der Waals surface area contributed by atoms with Gasteiger partial charge in [0.2, 0.25) is 5.43 Å². The average Bonchev–Trinajstić information content (AvgIpc) is 2.72. The molecule has 12 heteroatoms. The van der Waals surface area contributed by atoms with Gasteiger partial charge in [0.25, 0.3) is 0 Å². The third kappa shape index (κ3) is 3.85. The van der Waals surface area contributed by atoms with Crippen LogP contribution in [0.5, 0.6) is 0 Å². The number of benzene rings is 3. The van der Waals surface area contributed by atoms with Crippen molar-refractivity contribution in [3.8, 4) is 22.5 Å². The van der Waals surface area contributed by atoms with Crippen LogP contribution in [0.1, 0.15) is 10.4 Å². The van der Waals surface area contributed by atoms with E-state index in [1.807, 2.05) is 0 Å². The number of fused-ring (bicyclic) bond motifs is 2. The van der Waals surface area contributed by atoms with Gasteiger partial charge in [-0.25, -0.2) is 4.79 Å². The van der Waals surface area contributed by atoms with E-state index in [-0.39, 0.29) is 51.4 Å². The first-order valence-electron chi connectivity index (χ1n) is 8.28. The Hall–Kier alpha value is -0.320. The van der Waals surface area contributed by atoms with Crippen molar-refractivity contribution in [3.63, 3.8) is 0 Å². The van der Waals surface area contributed by atoms with Crippen LogP contribution in [0, 0.1) is 0 Å². The van der Waals surface area contributed by atoms with Crippen molar-refractivity contribution in [2.24, 2.45) is 0 Å². The summed E-state index contributed by atoms with van der Waals surface area (Å²) >= 11 is 38.8. The summed E-state index contributed by atoms with van der Waals surface area (Å²) in [4.78, 5) is 24.8. The van der Waals surface area contributed by atoms with Gasteiger partial charge in [-0.15, -0.1) is 0 Å². The van der Waals surface area contributed by atoms with Crippen molar-refractivity contribution in [1.29, 1.82) is 0 Å². The number of carbonyl (C=O) groups is 1. The monoisotopic (exact) mass is 764 g/mol. The highest BCUT2D eigenvalue weighted by molar-refractivity contribution is 9.11. The van der Waals surface area contributed by atoms with E-state index in [0.717, 1.165) is 0 Å². The maximum atomic E-state index is 12.5. The minimum absolute atomic E-state index is 0.0341. The molecular formula is C20H4Br4Cl4O4. The lowest BCUT2D eigenvalue weighted by Crippen LogP contribution is -2.08. The van der Waals surface area contributed by atoms with E-state index in [1.54, 1.807) is 12.1 Å². The van der Waals surface area contributed by atoms with Gasteiger partial charge in [0.15, 0.2) is 5.76 Å². The molecule has 32 heavy (non-hydrogen) atoms. The van der Waals surface area contributed by atoms with Crippen LogP contribution in [-0.4, -0.2) is 11.1 Å². The van der Waals surface area contributed by atoms with E-state index in [0.29, 0.717) is 31.0 Å². The molecule has 2 aliphatic rings. The van der Waals surface area contributed by atoms with Crippen molar-refractivity contribution in [1.82, 2.24) is 0 Å². The summed E-state index contributed by atoms with van der Waals surface area (Å²) in [5.74, 6) is -1.18. The van der Waals surface area contributed by atoms with E-state index in [1.165, 1.54) is 6.07 Å². The Balaban J connectivity index is 2.41. The molecule has 0 atom stereocenters. The molecule has 4 nitrogen and oxygen atoms in total. The molecule has 2 aromatic rings. The van der Waals surface area contributed by atoms with Crippen molar-refractivity contribution in [2.75, 3.05) is 0 Å². The van der Waals surface area contributed by atoms with Crippen LogP contribution in [0.4, 0.5) is 0 Å². The first-order valence-corrected chi connectivity index (χ1v) is 13.0. The molecule has 0 bridgehead atoms. The van der Waals surface area contributed by atoms with Gasteiger partial charge in [-0.1, -0.05) is 62.3 Å². The minimum atomic E-state index is -1.36. The molecule has 0 unspecified atom stereocenters. The number of hydrogen-bond acceptors (Lipinski definition) is 3. The van der Waals surface area contributed by atoms with Gasteiger partial charge >= 0.3 is 5.97 Å². The highest BCUT2D eigenvalue weighted by Crippen LogP contribution is 2.52. The van der Waals surface area contributed by atoms with Crippen LogP contribution >= 0.6 is 110 Å². The molecule has 1 heterocycles. The number of halogens is 8. The van der Waals surface area contributed by atoms with E-state index >= 15 is 0 Å². The van der Waals surface area contributed by atoms with Crippen molar-refractivity contribution >= 4 is 127 Å². The number of carboxylic acid groups (broad SMARTS) is 1. The van der Waals surface area contributed by atoms with Gasteiger partial charge in [0.1, 0.15) is 10.1 Å². The molecule has 0 amide bonds. The molecule has 1 aliphatic carbocycles.